The minimum atomic E-state index is 0.501. The Morgan fingerprint density at radius 2 is 2.22 bits per heavy atom. The van der Waals surface area contributed by atoms with Crippen LogP contribution in [-0.2, 0) is 6.42 Å². The van der Waals surface area contributed by atoms with E-state index >= 15 is 0 Å². The van der Waals surface area contributed by atoms with Gasteiger partial charge >= 0.3 is 0 Å². The number of rotatable bonds is 4. The standard InChI is InChI=1S/C14H14N4/c15-9-12-8-13(3-4-14(12)16)18-7-5-11-2-1-6-17-10-11/h1-4,6,8,10,18H,5,7,16H2. The minimum absolute atomic E-state index is 0.501. The van der Waals surface area contributed by atoms with Crippen molar-refractivity contribution in [2.75, 3.05) is 17.6 Å². The Morgan fingerprint density at radius 1 is 1.33 bits per heavy atom. The largest absolute Gasteiger partial charge is 0.398 e. The summed E-state index contributed by atoms with van der Waals surface area (Å²) in [4.78, 5) is 4.06. The summed E-state index contributed by atoms with van der Waals surface area (Å²) in [6.45, 7) is 0.792. The molecule has 90 valence electrons. The smallest absolute Gasteiger partial charge is 0.101 e. The van der Waals surface area contributed by atoms with Crippen LogP contribution in [0.2, 0.25) is 0 Å². The fourth-order valence-corrected chi connectivity index (χ4v) is 1.66. The number of pyridine rings is 1. The van der Waals surface area contributed by atoms with E-state index in [0.717, 1.165) is 18.7 Å². The molecule has 0 amide bonds. The molecule has 2 aromatic rings. The molecule has 1 aromatic heterocycles. The lowest BCUT2D eigenvalue weighted by atomic mass is 10.1. The van der Waals surface area contributed by atoms with Gasteiger partial charge in [-0.2, -0.15) is 5.26 Å². The maximum absolute atomic E-state index is 8.88. The van der Waals surface area contributed by atoms with Crippen molar-refractivity contribution in [2.24, 2.45) is 0 Å². The van der Waals surface area contributed by atoms with Crippen LogP contribution in [0.15, 0.2) is 42.7 Å². The van der Waals surface area contributed by atoms with Crippen molar-refractivity contribution in [2.45, 2.75) is 6.42 Å². The Labute approximate surface area is 106 Å². The second-order valence-electron chi connectivity index (χ2n) is 3.95. The normalized spacial score (nSPS) is 9.72. The van der Waals surface area contributed by atoms with Crippen LogP contribution in [0.3, 0.4) is 0 Å². The number of hydrogen-bond donors (Lipinski definition) is 2. The second kappa shape index (κ2) is 5.69. The monoisotopic (exact) mass is 238 g/mol. The number of benzene rings is 1. The molecule has 0 fully saturated rings. The summed E-state index contributed by atoms with van der Waals surface area (Å²) in [6.07, 6.45) is 4.50. The molecule has 0 saturated heterocycles. The highest BCUT2D eigenvalue weighted by Gasteiger charge is 1.99. The number of nitrogens with two attached hydrogens (primary N) is 1. The molecule has 0 radical (unpaired) electrons. The summed E-state index contributed by atoms with van der Waals surface area (Å²) in [5.41, 5.74) is 8.76. The van der Waals surface area contributed by atoms with Crippen LogP contribution in [0, 0.1) is 11.3 Å². The SMILES string of the molecule is N#Cc1cc(NCCc2cccnc2)ccc1N. The Hall–Kier alpha value is -2.54. The van der Waals surface area contributed by atoms with Gasteiger partial charge < -0.3 is 11.1 Å². The first-order chi connectivity index (χ1) is 8.79. The average molecular weight is 238 g/mol. The maximum atomic E-state index is 8.88. The fourth-order valence-electron chi connectivity index (χ4n) is 1.66. The van der Waals surface area contributed by atoms with E-state index in [2.05, 4.69) is 16.4 Å². The van der Waals surface area contributed by atoms with Gasteiger partial charge in [0.15, 0.2) is 0 Å². The summed E-state index contributed by atoms with van der Waals surface area (Å²) in [5, 5.41) is 12.1. The molecular formula is C14H14N4. The van der Waals surface area contributed by atoms with Crippen LogP contribution in [-0.4, -0.2) is 11.5 Å². The maximum Gasteiger partial charge on any atom is 0.101 e. The minimum Gasteiger partial charge on any atom is -0.398 e. The van der Waals surface area contributed by atoms with Gasteiger partial charge in [-0.3, -0.25) is 4.98 Å². The van der Waals surface area contributed by atoms with Gasteiger partial charge in [-0.15, -0.1) is 0 Å². The molecule has 0 unspecified atom stereocenters. The van der Waals surface area contributed by atoms with E-state index in [-0.39, 0.29) is 0 Å². The number of anilines is 2. The van der Waals surface area contributed by atoms with E-state index in [1.165, 1.54) is 5.56 Å². The number of nitrogen functional groups attached to an aromatic ring is 1. The number of nitrogens with zero attached hydrogens (tertiary/aromatic N) is 2. The van der Waals surface area contributed by atoms with E-state index in [9.17, 15) is 0 Å². The van der Waals surface area contributed by atoms with Crippen molar-refractivity contribution in [1.29, 1.82) is 5.26 Å². The van der Waals surface area contributed by atoms with Crippen LogP contribution in [0.25, 0.3) is 0 Å². The van der Waals surface area contributed by atoms with Gasteiger partial charge in [-0.25, -0.2) is 0 Å². The van der Waals surface area contributed by atoms with Crippen molar-refractivity contribution in [1.82, 2.24) is 4.98 Å². The van der Waals surface area contributed by atoms with Gasteiger partial charge in [0.25, 0.3) is 0 Å². The Kier molecular flexibility index (Phi) is 3.77. The first-order valence-corrected chi connectivity index (χ1v) is 5.72. The molecule has 0 bridgehead atoms. The second-order valence-corrected chi connectivity index (χ2v) is 3.95. The van der Waals surface area contributed by atoms with Crippen LogP contribution in [0.5, 0.6) is 0 Å². The highest BCUT2D eigenvalue weighted by Crippen LogP contribution is 2.16. The zero-order chi connectivity index (χ0) is 12.8. The predicted octanol–water partition coefficient (Wildman–Crippen LogP) is 2.19. The molecule has 2 rings (SSSR count). The molecule has 18 heavy (non-hydrogen) atoms. The summed E-state index contributed by atoms with van der Waals surface area (Å²) >= 11 is 0. The molecule has 0 aliphatic rings. The third-order valence-corrected chi connectivity index (χ3v) is 2.64. The van der Waals surface area contributed by atoms with Crippen molar-refractivity contribution < 1.29 is 0 Å². The molecule has 4 heteroatoms. The third kappa shape index (κ3) is 2.98. The molecule has 0 saturated carbocycles. The number of aromatic nitrogens is 1. The molecule has 0 aliphatic heterocycles. The van der Waals surface area contributed by atoms with Gasteiger partial charge in [-0.05, 0) is 36.2 Å². The summed E-state index contributed by atoms with van der Waals surface area (Å²) < 4.78 is 0. The third-order valence-electron chi connectivity index (χ3n) is 2.64. The lowest BCUT2D eigenvalue weighted by Gasteiger charge is -2.07. The molecule has 3 N–H and O–H groups in total. The quantitative estimate of drug-likeness (QED) is 0.801. The zero-order valence-electron chi connectivity index (χ0n) is 9.93. The van der Waals surface area contributed by atoms with E-state index in [1.54, 1.807) is 18.3 Å². The van der Waals surface area contributed by atoms with Crippen molar-refractivity contribution >= 4 is 11.4 Å². The lowest BCUT2D eigenvalue weighted by Crippen LogP contribution is -2.05. The van der Waals surface area contributed by atoms with Gasteiger partial charge in [0.05, 0.1) is 5.56 Å². The van der Waals surface area contributed by atoms with Crippen molar-refractivity contribution in [3.05, 3.63) is 53.9 Å². The molecule has 1 aromatic carbocycles. The number of nitriles is 1. The van der Waals surface area contributed by atoms with Crippen molar-refractivity contribution in [3.8, 4) is 6.07 Å². The topological polar surface area (TPSA) is 74.7 Å². The number of hydrogen-bond acceptors (Lipinski definition) is 4. The van der Waals surface area contributed by atoms with Gasteiger partial charge in [0, 0.05) is 30.3 Å². The first kappa shape index (κ1) is 11.9. The molecule has 0 atom stereocenters. The van der Waals surface area contributed by atoms with E-state index in [0.29, 0.717) is 11.3 Å². The van der Waals surface area contributed by atoms with Gasteiger partial charge in [0.1, 0.15) is 6.07 Å². The number of nitrogens with one attached hydrogen (secondary N) is 1. The first-order valence-electron chi connectivity index (χ1n) is 5.72. The predicted molar refractivity (Wildman–Crippen MR) is 72.0 cm³/mol. The van der Waals surface area contributed by atoms with Crippen LogP contribution >= 0.6 is 0 Å². The molecule has 4 nitrogen and oxygen atoms in total. The summed E-state index contributed by atoms with van der Waals surface area (Å²) in [5.74, 6) is 0. The molecule has 1 heterocycles. The molecular weight excluding hydrogens is 224 g/mol. The van der Waals surface area contributed by atoms with E-state index in [1.807, 2.05) is 24.4 Å². The summed E-state index contributed by atoms with van der Waals surface area (Å²) in [7, 11) is 0. The average Bonchev–Trinajstić information content (AvgIpc) is 2.42. The van der Waals surface area contributed by atoms with Crippen molar-refractivity contribution in [3.63, 3.8) is 0 Å². The highest BCUT2D eigenvalue weighted by molar-refractivity contribution is 5.61. The molecule has 0 aliphatic carbocycles. The zero-order valence-corrected chi connectivity index (χ0v) is 9.93. The van der Waals surface area contributed by atoms with Gasteiger partial charge in [0.2, 0.25) is 0 Å². The Balaban J connectivity index is 1.93. The van der Waals surface area contributed by atoms with Crippen LogP contribution < -0.4 is 11.1 Å². The van der Waals surface area contributed by atoms with E-state index < -0.39 is 0 Å². The molecule has 0 spiro atoms. The van der Waals surface area contributed by atoms with Crippen LogP contribution in [0.4, 0.5) is 11.4 Å². The van der Waals surface area contributed by atoms with Gasteiger partial charge in [-0.1, -0.05) is 6.07 Å². The van der Waals surface area contributed by atoms with E-state index in [4.69, 9.17) is 11.0 Å². The Morgan fingerprint density at radius 3 is 2.94 bits per heavy atom. The summed E-state index contributed by atoms with van der Waals surface area (Å²) in [6, 6.07) is 11.4. The highest BCUT2D eigenvalue weighted by atomic mass is 14.9. The fraction of sp³-hybridized carbons (Fsp3) is 0.143. The lowest BCUT2D eigenvalue weighted by molar-refractivity contribution is 1.00. The Bertz CT molecular complexity index is 558. The van der Waals surface area contributed by atoms with Crippen LogP contribution in [0.1, 0.15) is 11.1 Å².